The minimum absolute atomic E-state index is 0.284. The third-order valence-corrected chi connectivity index (χ3v) is 3.18. The van der Waals surface area contributed by atoms with Crippen LogP contribution < -0.4 is 0 Å². The van der Waals surface area contributed by atoms with Gasteiger partial charge in [0.2, 0.25) is 0 Å². The molecule has 0 aromatic rings. The van der Waals surface area contributed by atoms with Crippen LogP contribution in [0.15, 0.2) is 0 Å². The molecular formula is C12H23NO2. The Morgan fingerprint density at radius 1 is 1.40 bits per heavy atom. The van der Waals surface area contributed by atoms with E-state index in [0.717, 1.165) is 32.4 Å². The summed E-state index contributed by atoms with van der Waals surface area (Å²) < 4.78 is 0. The minimum Gasteiger partial charge on any atom is -0.395 e. The largest absolute Gasteiger partial charge is 0.395 e. The molecule has 0 radical (unpaired) electrons. The number of unbranched alkanes of at least 4 members (excludes halogenated alkanes) is 1. The SMILES string of the molecule is CC(=O)CCCCN1CCCCC1CO. The Morgan fingerprint density at radius 3 is 2.87 bits per heavy atom. The highest BCUT2D eigenvalue weighted by Gasteiger charge is 2.20. The number of rotatable bonds is 6. The molecule has 0 spiro atoms. The summed E-state index contributed by atoms with van der Waals surface area (Å²) in [5, 5.41) is 9.21. The smallest absolute Gasteiger partial charge is 0.129 e. The Bertz CT molecular complexity index is 194. The van der Waals surface area contributed by atoms with Crippen LogP contribution in [0.2, 0.25) is 0 Å². The number of ketones is 1. The fourth-order valence-corrected chi connectivity index (χ4v) is 2.25. The Hall–Kier alpha value is -0.410. The highest BCUT2D eigenvalue weighted by Crippen LogP contribution is 2.17. The van der Waals surface area contributed by atoms with Gasteiger partial charge in [-0.15, -0.1) is 0 Å². The highest BCUT2D eigenvalue weighted by molar-refractivity contribution is 5.75. The fraction of sp³-hybridized carbons (Fsp3) is 0.917. The van der Waals surface area contributed by atoms with Gasteiger partial charge in [0.1, 0.15) is 5.78 Å². The van der Waals surface area contributed by atoms with Crippen molar-refractivity contribution in [3.05, 3.63) is 0 Å². The summed E-state index contributed by atoms with van der Waals surface area (Å²) in [5.74, 6) is 0.285. The second-order valence-electron chi connectivity index (χ2n) is 4.53. The van der Waals surface area contributed by atoms with Crippen molar-refractivity contribution < 1.29 is 9.90 Å². The molecule has 1 fully saturated rings. The number of nitrogens with zero attached hydrogens (tertiary/aromatic N) is 1. The van der Waals surface area contributed by atoms with E-state index in [2.05, 4.69) is 4.90 Å². The molecule has 15 heavy (non-hydrogen) atoms. The summed E-state index contributed by atoms with van der Waals surface area (Å²) in [4.78, 5) is 13.1. The average Bonchev–Trinajstić information content (AvgIpc) is 2.24. The van der Waals surface area contributed by atoms with Crippen molar-refractivity contribution in [2.45, 2.75) is 51.5 Å². The number of piperidine rings is 1. The first-order valence-electron chi connectivity index (χ1n) is 6.08. The van der Waals surface area contributed by atoms with E-state index in [4.69, 9.17) is 0 Å². The molecule has 1 N–H and O–H groups in total. The quantitative estimate of drug-likeness (QED) is 0.681. The van der Waals surface area contributed by atoms with Gasteiger partial charge in [0.05, 0.1) is 6.61 Å². The van der Waals surface area contributed by atoms with Crippen molar-refractivity contribution in [2.75, 3.05) is 19.7 Å². The standard InChI is InChI=1S/C12H23NO2/c1-11(15)6-2-4-8-13-9-5-3-7-12(13)10-14/h12,14H,2-10H2,1H3. The Kier molecular flexibility index (Phi) is 5.88. The number of likely N-dealkylation sites (tertiary alicyclic amines) is 1. The van der Waals surface area contributed by atoms with Crippen LogP contribution in [0.4, 0.5) is 0 Å². The molecule has 1 heterocycles. The third kappa shape index (κ3) is 4.76. The van der Waals surface area contributed by atoms with E-state index in [1.54, 1.807) is 6.92 Å². The van der Waals surface area contributed by atoms with Gasteiger partial charge in [0.25, 0.3) is 0 Å². The first-order valence-corrected chi connectivity index (χ1v) is 6.08. The Morgan fingerprint density at radius 2 is 2.20 bits per heavy atom. The summed E-state index contributed by atoms with van der Waals surface area (Å²) in [5.41, 5.74) is 0. The average molecular weight is 213 g/mol. The predicted molar refractivity (Wildman–Crippen MR) is 60.8 cm³/mol. The van der Waals surface area contributed by atoms with E-state index in [9.17, 15) is 9.90 Å². The molecule has 0 saturated carbocycles. The molecule has 1 aliphatic rings. The molecule has 1 saturated heterocycles. The molecule has 88 valence electrons. The molecule has 0 bridgehead atoms. The zero-order valence-electron chi connectivity index (χ0n) is 9.74. The number of hydrogen-bond donors (Lipinski definition) is 1. The number of Topliss-reactive ketones (excluding diaryl/α,β-unsaturated/α-hetero) is 1. The van der Waals surface area contributed by atoms with Crippen molar-refractivity contribution in [2.24, 2.45) is 0 Å². The summed E-state index contributed by atoms with van der Waals surface area (Å²) in [6.45, 7) is 4.09. The molecule has 1 unspecified atom stereocenters. The van der Waals surface area contributed by atoms with Crippen molar-refractivity contribution in [1.29, 1.82) is 0 Å². The van der Waals surface area contributed by atoms with Gasteiger partial charge in [-0.05, 0) is 45.7 Å². The van der Waals surface area contributed by atoms with Crippen molar-refractivity contribution in [1.82, 2.24) is 4.90 Å². The van der Waals surface area contributed by atoms with Gasteiger partial charge >= 0.3 is 0 Å². The number of aliphatic hydroxyl groups is 1. The lowest BCUT2D eigenvalue weighted by molar-refractivity contribution is -0.117. The van der Waals surface area contributed by atoms with E-state index in [0.29, 0.717) is 12.5 Å². The number of aliphatic hydroxyl groups excluding tert-OH is 1. The van der Waals surface area contributed by atoms with Gasteiger partial charge in [0.15, 0.2) is 0 Å². The van der Waals surface area contributed by atoms with Gasteiger partial charge in [-0.2, -0.15) is 0 Å². The van der Waals surface area contributed by atoms with E-state index in [1.807, 2.05) is 0 Å². The maximum Gasteiger partial charge on any atom is 0.129 e. The second-order valence-corrected chi connectivity index (χ2v) is 4.53. The molecule has 0 aromatic carbocycles. The lowest BCUT2D eigenvalue weighted by Gasteiger charge is -2.34. The monoisotopic (exact) mass is 213 g/mol. The van der Waals surface area contributed by atoms with Crippen LogP contribution >= 0.6 is 0 Å². The lowest BCUT2D eigenvalue weighted by Crippen LogP contribution is -2.42. The van der Waals surface area contributed by atoms with Gasteiger partial charge < -0.3 is 9.90 Å². The summed E-state index contributed by atoms with van der Waals surface area (Å²) in [6.07, 6.45) is 6.40. The van der Waals surface area contributed by atoms with Gasteiger partial charge in [0, 0.05) is 12.5 Å². The summed E-state index contributed by atoms with van der Waals surface area (Å²) >= 11 is 0. The fourth-order valence-electron chi connectivity index (χ4n) is 2.25. The molecule has 3 heteroatoms. The molecule has 1 atom stereocenters. The van der Waals surface area contributed by atoms with E-state index < -0.39 is 0 Å². The molecule has 1 rings (SSSR count). The number of carbonyl (C=O) groups is 1. The van der Waals surface area contributed by atoms with Crippen LogP contribution in [0.3, 0.4) is 0 Å². The van der Waals surface area contributed by atoms with Crippen LogP contribution in [0.5, 0.6) is 0 Å². The van der Waals surface area contributed by atoms with Crippen LogP contribution in [-0.2, 0) is 4.79 Å². The van der Waals surface area contributed by atoms with E-state index >= 15 is 0 Å². The van der Waals surface area contributed by atoms with Crippen LogP contribution in [-0.4, -0.2) is 41.5 Å². The normalized spacial score (nSPS) is 22.9. The highest BCUT2D eigenvalue weighted by atomic mass is 16.3. The number of hydrogen-bond acceptors (Lipinski definition) is 3. The molecule has 0 aromatic heterocycles. The van der Waals surface area contributed by atoms with E-state index in [1.165, 1.54) is 12.8 Å². The predicted octanol–water partition coefficient (Wildman–Crippen LogP) is 1.59. The maximum atomic E-state index is 10.8. The minimum atomic E-state index is 0.284. The van der Waals surface area contributed by atoms with Crippen LogP contribution in [0.1, 0.15) is 45.4 Å². The van der Waals surface area contributed by atoms with Gasteiger partial charge in [-0.3, -0.25) is 4.90 Å². The Labute approximate surface area is 92.5 Å². The van der Waals surface area contributed by atoms with Crippen molar-refractivity contribution in [3.63, 3.8) is 0 Å². The zero-order valence-corrected chi connectivity index (χ0v) is 9.74. The number of carbonyl (C=O) groups excluding carboxylic acids is 1. The topological polar surface area (TPSA) is 40.5 Å². The molecule has 0 aliphatic carbocycles. The summed E-state index contributed by atoms with van der Waals surface area (Å²) in [7, 11) is 0. The lowest BCUT2D eigenvalue weighted by atomic mass is 10.0. The third-order valence-electron chi connectivity index (χ3n) is 3.18. The van der Waals surface area contributed by atoms with Crippen LogP contribution in [0, 0.1) is 0 Å². The van der Waals surface area contributed by atoms with E-state index in [-0.39, 0.29) is 12.4 Å². The molecule has 1 aliphatic heterocycles. The van der Waals surface area contributed by atoms with Crippen molar-refractivity contribution in [3.8, 4) is 0 Å². The zero-order chi connectivity index (χ0) is 11.1. The van der Waals surface area contributed by atoms with Gasteiger partial charge in [-0.25, -0.2) is 0 Å². The van der Waals surface area contributed by atoms with Gasteiger partial charge in [-0.1, -0.05) is 6.42 Å². The first kappa shape index (κ1) is 12.7. The maximum absolute atomic E-state index is 10.8. The summed E-state index contributed by atoms with van der Waals surface area (Å²) in [6, 6.07) is 0.371. The molecule has 0 amide bonds. The molecular weight excluding hydrogens is 190 g/mol. The van der Waals surface area contributed by atoms with Crippen LogP contribution in [0.25, 0.3) is 0 Å². The Balaban J connectivity index is 2.15. The second kappa shape index (κ2) is 6.96. The first-order chi connectivity index (χ1) is 7.24. The molecule has 3 nitrogen and oxygen atoms in total. The van der Waals surface area contributed by atoms with Crippen molar-refractivity contribution >= 4 is 5.78 Å².